The number of hydrogen-bond donors (Lipinski definition) is 3. The molecule has 166 valence electrons. The highest BCUT2D eigenvalue weighted by molar-refractivity contribution is 7.17. The summed E-state index contributed by atoms with van der Waals surface area (Å²) in [6.45, 7) is 2.52. The third-order valence-electron chi connectivity index (χ3n) is 4.64. The highest BCUT2D eigenvalue weighted by atomic mass is 32.1. The molecule has 0 bridgehead atoms. The van der Waals surface area contributed by atoms with Crippen LogP contribution in [0.25, 0.3) is 10.6 Å². The summed E-state index contributed by atoms with van der Waals surface area (Å²) in [5.41, 5.74) is 7.11. The molecule has 1 aliphatic rings. The maximum Gasteiger partial charge on any atom is 0.171 e. The number of anilines is 1. The minimum atomic E-state index is -0.790. The Labute approximate surface area is 187 Å². The van der Waals surface area contributed by atoms with Gasteiger partial charge in [-0.1, -0.05) is 0 Å². The Hall–Kier alpha value is -3.37. The van der Waals surface area contributed by atoms with Crippen molar-refractivity contribution in [2.24, 2.45) is 15.7 Å². The van der Waals surface area contributed by atoms with Crippen molar-refractivity contribution in [1.29, 1.82) is 0 Å². The number of aliphatic imine (C=N–C) groups is 2. The SMILES string of the molecule is CC(O)CNc1ccc2c(n1)-c1sc(C(N=CN)=Nc3ccc(F)cc3F)cc1CCO2. The van der Waals surface area contributed by atoms with Gasteiger partial charge in [-0.2, -0.15) is 0 Å². The number of halogens is 2. The van der Waals surface area contributed by atoms with E-state index in [2.05, 4.69) is 20.3 Å². The van der Waals surface area contributed by atoms with Crippen LogP contribution in [0.4, 0.5) is 20.3 Å². The number of amidine groups is 1. The normalized spacial score (nSPS) is 14.4. The Morgan fingerprint density at radius 3 is 2.94 bits per heavy atom. The molecule has 0 amide bonds. The van der Waals surface area contributed by atoms with Crippen LogP contribution < -0.4 is 15.8 Å². The topological polar surface area (TPSA) is 105 Å². The number of pyridine rings is 1. The largest absolute Gasteiger partial charge is 0.491 e. The van der Waals surface area contributed by atoms with Gasteiger partial charge in [0.05, 0.1) is 28.8 Å². The molecule has 4 rings (SSSR count). The number of nitrogens with one attached hydrogen (secondary N) is 1. The van der Waals surface area contributed by atoms with Crippen LogP contribution in [-0.4, -0.2) is 41.5 Å². The van der Waals surface area contributed by atoms with Gasteiger partial charge >= 0.3 is 0 Å². The maximum absolute atomic E-state index is 14.1. The summed E-state index contributed by atoms with van der Waals surface area (Å²) in [6, 6.07) is 8.69. The second-order valence-electron chi connectivity index (χ2n) is 7.15. The van der Waals surface area contributed by atoms with Crippen LogP contribution in [0, 0.1) is 11.6 Å². The molecular weight excluding hydrogens is 436 g/mol. The molecule has 0 saturated carbocycles. The first-order valence-electron chi connectivity index (χ1n) is 9.92. The van der Waals surface area contributed by atoms with E-state index in [4.69, 9.17) is 10.5 Å². The number of ether oxygens (including phenoxy) is 1. The molecule has 3 heterocycles. The van der Waals surface area contributed by atoms with Gasteiger partial charge in [0, 0.05) is 19.0 Å². The molecule has 1 unspecified atom stereocenters. The Kier molecular flexibility index (Phi) is 6.42. The first kappa shape index (κ1) is 21.8. The molecule has 7 nitrogen and oxygen atoms in total. The lowest BCUT2D eigenvalue weighted by molar-refractivity contribution is 0.208. The Morgan fingerprint density at radius 1 is 1.34 bits per heavy atom. The summed E-state index contributed by atoms with van der Waals surface area (Å²) in [7, 11) is 0. The highest BCUT2D eigenvalue weighted by Crippen LogP contribution is 2.40. The van der Waals surface area contributed by atoms with Gasteiger partial charge in [-0.3, -0.25) is 0 Å². The molecule has 0 spiro atoms. The molecule has 1 aromatic carbocycles. The van der Waals surface area contributed by atoms with E-state index in [0.29, 0.717) is 41.7 Å². The lowest BCUT2D eigenvalue weighted by atomic mass is 10.1. The number of benzene rings is 1. The predicted molar refractivity (Wildman–Crippen MR) is 122 cm³/mol. The van der Waals surface area contributed by atoms with Crippen molar-refractivity contribution < 1.29 is 18.6 Å². The predicted octanol–water partition coefficient (Wildman–Crippen LogP) is 3.88. The van der Waals surface area contributed by atoms with Gasteiger partial charge in [0.1, 0.15) is 28.8 Å². The molecule has 0 radical (unpaired) electrons. The van der Waals surface area contributed by atoms with Crippen LogP contribution in [-0.2, 0) is 6.42 Å². The second-order valence-corrected chi connectivity index (χ2v) is 8.20. The van der Waals surface area contributed by atoms with Gasteiger partial charge in [-0.15, -0.1) is 11.3 Å². The number of fused-ring (bicyclic) bond motifs is 3. The summed E-state index contributed by atoms with van der Waals surface area (Å²) in [5, 5.41) is 12.6. The molecule has 0 saturated heterocycles. The van der Waals surface area contributed by atoms with Crippen LogP contribution in [0.5, 0.6) is 5.75 Å². The quantitative estimate of drug-likeness (QED) is 0.398. The second kappa shape index (κ2) is 9.41. The molecule has 0 aliphatic carbocycles. The zero-order valence-electron chi connectivity index (χ0n) is 17.2. The highest BCUT2D eigenvalue weighted by Gasteiger charge is 2.22. The van der Waals surface area contributed by atoms with Crippen molar-refractivity contribution in [2.45, 2.75) is 19.4 Å². The summed E-state index contributed by atoms with van der Waals surface area (Å²) in [6.07, 6.45) is 1.21. The van der Waals surface area contributed by atoms with Crippen LogP contribution in [0.15, 0.2) is 46.4 Å². The van der Waals surface area contributed by atoms with Gasteiger partial charge < -0.3 is 20.9 Å². The molecule has 32 heavy (non-hydrogen) atoms. The number of nitrogens with zero attached hydrogens (tertiary/aromatic N) is 3. The van der Waals surface area contributed by atoms with Crippen molar-refractivity contribution in [3.63, 3.8) is 0 Å². The van der Waals surface area contributed by atoms with Crippen LogP contribution in [0.1, 0.15) is 17.4 Å². The molecule has 10 heteroatoms. The van der Waals surface area contributed by atoms with E-state index in [-0.39, 0.29) is 11.5 Å². The molecule has 2 aromatic heterocycles. The fraction of sp³-hybridized carbons (Fsp3) is 0.227. The molecule has 0 fully saturated rings. The fourth-order valence-corrected chi connectivity index (χ4v) is 4.32. The van der Waals surface area contributed by atoms with Crippen LogP contribution in [0.3, 0.4) is 0 Å². The summed E-state index contributed by atoms with van der Waals surface area (Å²) >= 11 is 1.38. The number of rotatable bonds is 5. The summed E-state index contributed by atoms with van der Waals surface area (Å²) in [4.78, 5) is 14.6. The van der Waals surface area contributed by atoms with E-state index < -0.39 is 17.7 Å². The Morgan fingerprint density at radius 2 is 2.19 bits per heavy atom. The number of nitrogens with two attached hydrogens (primary N) is 1. The smallest absolute Gasteiger partial charge is 0.171 e. The van der Waals surface area contributed by atoms with Crippen molar-refractivity contribution in [3.8, 4) is 16.3 Å². The van der Waals surface area contributed by atoms with E-state index in [1.165, 1.54) is 17.4 Å². The average molecular weight is 458 g/mol. The van der Waals surface area contributed by atoms with E-state index in [1.54, 1.807) is 13.0 Å². The van der Waals surface area contributed by atoms with Crippen molar-refractivity contribution in [1.82, 2.24) is 4.98 Å². The standard InChI is InChI=1S/C22H21F2N5O2S/c1-12(30)10-26-19-5-4-17-20(29-19)21-13(6-7-31-17)8-18(32-21)22(27-11-25)28-16-3-2-14(23)9-15(16)24/h2-5,8-9,11-12,30H,6-7,10H2,1H3,(H,26,29)(H2,25,27,28). The minimum Gasteiger partial charge on any atom is -0.491 e. The first-order chi connectivity index (χ1) is 15.4. The molecular formula is C22H21F2N5O2S. The molecule has 1 atom stereocenters. The Balaban J connectivity index is 1.76. The van der Waals surface area contributed by atoms with Crippen molar-refractivity contribution >= 4 is 35.0 Å². The number of aliphatic hydroxyl groups excluding tert-OH is 1. The van der Waals surface area contributed by atoms with Gasteiger partial charge in [0.15, 0.2) is 11.7 Å². The third kappa shape index (κ3) is 4.76. The van der Waals surface area contributed by atoms with Crippen molar-refractivity contribution in [3.05, 3.63) is 58.5 Å². The van der Waals surface area contributed by atoms with E-state index in [1.807, 2.05) is 12.1 Å². The Bertz CT molecular complexity index is 1190. The maximum atomic E-state index is 14.1. The van der Waals surface area contributed by atoms with E-state index >= 15 is 0 Å². The average Bonchev–Trinajstić information content (AvgIpc) is 3.10. The van der Waals surface area contributed by atoms with E-state index in [0.717, 1.165) is 28.9 Å². The fourth-order valence-electron chi connectivity index (χ4n) is 3.18. The minimum absolute atomic E-state index is 0.0398. The number of aliphatic hydroxyl groups is 1. The van der Waals surface area contributed by atoms with Crippen molar-refractivity contribution in [2.75, 3.05) is 18.5 Å². The lowest BCUT2D eigenvalue weighted by Gasteiger charge is -2.11. The third-order valence-corrected chi connectivity index (χ3v) is 5.82. The molecule has 3 aromatic rings. The van der Waals surface area contributed by atoms with Gasteiger partial charge in [-0.05, 0) is 42.8 Å². The molecule has 4 N–H and O–H groups in total. The van der Waals surface area contributed by atoms with Crippen LogP contribution in [0.2, 0.25) is 0 Å². The lowest BCUT2D eigenvalue weighted by Crippen LogP contribution is -2.16. The summed E-state index contributed by atoms with van der Waals surface area (Å²) in [5.74, 6) is -0.0108. The van der Waals surface area contributed by atoms with Gasteiger partial charge in [-0.25, -0.2) is 23.7 Å². The monoisotopic (exact) mass is 457 g/mol. The van der Waals surface area contributed by atoms with E-state index in [9.17, 15) is 13.9 Å². The zero-order chi connectivity index (χ0) is 22.7. The summed E-state index contributed by atoms with van der Waals surface area (Å²) < 4.78 is 33.2. The number of aromatic nitrogens is 1. The number of hydrogen-bond acceptors (Lipinski definition) is 6. The van der Waals surface area contributed by atoms with Gasteiger partial charge in [0.2, 0.25) is 0 Å². The van der Waals surface area contributed by atoms with Crippen LogP contribution >= 0.6 is 11.3 Å². The number of thiophene rings is 1. The zero-order valence-corrected chi connectivity index (χ0v) is 18.0. The molecule has 1 aliphatic heterocycles. The van der Waals surface area contributed by atoms with Gasteiger partial charge in [0.25, 0.3) is 0 Å². The first-order valence-corrected chi connectivity index (χ1v) is 10.7.